The minimum absolute atomic E-state index is 0.169. The third-order valence-corrected chi connectivity index (χ3v) is 3.94. The Morgan fingerprint density at radius 1 is 1.47 bits per heavy atom. The lowest BCUT2D eigenvalue weighted by Crippen LogP contribution is -2.14. The lowest BCUT2D eigenvalue weighted by molar-refractivity contribution is 0.188. The van der Waals surface area contributed by atoms with E-state index in [4.69, 9.17) is 15.0 Å². The highest BCUT2D eigenvalue weighted by molar-refractivity contribution is 4.99. The van der Waals surface area contributed by atoms with E-state index in [0.717, 1.165) is 37.6 Å². The van der Waals surface area contributed by atoms with Gasteiger partial charge in [0, 0.05) is 19.6 Å². The Morgan fingerprint density at radius 2 is 2.32 bits per heavy atom. The summed E-state index contributed by atoms with van der Waals surface area (Å²) in [6.45, 7) is 3.01. The van der Waals surface area contributed by atoms with Gasteiger partial charge in [0.25, 0.3) is 0 Å². The van der Waals surface area contributed by atoms with Gasteiger partial charge in [-0.1, -0.05) is 24.9 Å². The molecule has 5 nitrogen and oxygen atoms in total. The van der Waals surface area contributed by atoms with Gasteiger partial charge in [-0.05, 0) is 31.6 Å². The summed E-state index contributed by atoms with van der Waals surface area (Å²) in [7, 11) is 1.70. The Balaban J connectivity index is 1.90. The second-order valence-corrected chi connectivity index (χ2v) is 5.70. The summed E-state index contributed by atoms with van der Waals surface area (Å²) < 4.78 is 10.3. The van der Waals surface area contributed by atoms with Crippen LogP contribution in [0.5, 0.6) is 0 Å². The fourth-order valence-corrected chi connectivity index (χ4v) is 2.80. The number of hydrogen-bond acceptors (Lipinski definition) is 5. The Labute approximate surface area is 114 Å². The molecule has 1 aromatic heterocycles. The molecule has 0 aromatic carbocycles. The molecule has 5 heteroatoms. The van der Waals surface area contributed by atoms with Crippen molar-refractivity contribution >= 4 is 0 Å². The van der Waals surface area contributed by atoms with Gasteiger partial charge in [-0.2, -0.15) is 4.98 Å². The van der Waals surface area contributed by atoms with Crippen LogP contribution in [0.3, 0.4) is 0 Å². The van der Waals surface area contributed by atoms with Crippen LogP contribution in [-0.4, -0.2) is 23.9 Å². The van der Waals surface area contributed by atoms with Gasteiger partial charge in [-0.15, -0.1) is 0 Å². The zero-order valence-corrected chi connectivity index (χ0v) is 12.0. The van der Waals surface area contributed by atoms with Gasteiger partial charge < -0.3 is 15.0 Å². The van der Waals surface area contributed by atoms with Crippen molar-refractivity contribution in [3.63, 3.8) is 0 Å². The topological polar surface area (TPSA) is 74.2 Å². The molecule has 0 spiro atoms. The number of nitrogens with zero attached hydrogens (tertiary/aromatic N) is 2. The molecule has 2 rings (SSSR count). The molecule has 3 unspecified atom stereocenters. The van der Waals surface area contributed by atoms with E-state index in [0.29, 0.717) is 11.8 Å². The monoisotopic (exact) mass is 267 g/mol. The second kappa shape index (κ2) is 7.01. The van der Waals surface area contributed by atoms with E-state index in [1.165, 1.54) is 19.3 Å². The molecule has 2 N–H and O–H groups in total. The number of hydrogen-bond donors (Lipinski definition) is 1. The zero-order valence-electron chi connectivity index (χ0n) is 12.0. The summed E-state index contributed by atoms with van der Waals surface area (Å²) in [5, 5.41) is 4.13. The average Bonchev–Trinajstić information content (AvgIpc) is 2.88. The van der Waals surface area contributed by atoms with Crippen LogP contribution >= 0.6 is 0 Å². The quantitative estimate of drug-likeness (QED) is 0.802. The molecule has 1 aliphatic carbocycles. The van der Waals surface area contributed by atoms with E-state index in [1.54, 1.807) is 7.11 Å². The van der Waals surface area contributed by atoms with Gasteiger partial charge in [0.2, 0.25) is 5.89 Å². The van der Waals surface area contributed by atoms with Crippen LogP contribution in [0.2, 0.25) is 0 Å². The van der Waals surface area contributed by atoms with Crippen molar-refractivity contribution in [3.05, 3.63) is 11.7 Å². The van der Waals surface area contributed by atoms with E-state index in [1.807, 2.05) is 0 Å². The number of rotatable bonds is 6. The first-order valence-electron chi connectivity index (χ1n) is 7.28. The van der Waals surface area contributed by atoms with Crippen LogP contribution in [-0.2, 0) is 4.74 Å². The first kappa shape index (κ1) is 14.5. The molecule has 1 aliphatic rings. The summed E-state index contributed by atoms with van der Waals surface area (Å²) in [5.41, 5.74) is 6.05. The highest BCUT2D eigenvalue weighted by Gasteiger charge is 2.25. The van der Waals surface area contributed by atoms with Crippen molar-refractivity contribution < 1.29 is 9.26 Å². The van der Waals surface area contributed by atoms with E-state index < -0.39 is 0 Å². The molecular weight excluding hydrogens is 242 g/mol. The van der Waals surface area contributed by atoms with E-state index >= 15 is 0 Å². The number of ether oxygens (including phenoxy) is 1. The van der Waals surface area contributed by atoms with Gasteiger partial charge in [-0.3, -0.25) is 0 Å². The smallest absolute Gasteiger partial charge is 0.243 e. The predicted molar refractivity (Wildman–Crippen MR) is 72.7 cm³/mol. The predicted octanol–water partition coefficient (Wildman–Crippen LogP) is 2.79. The number of aromatic nitrogens is 2. The zero-order chi connectivity index (χ0) is 13.7. The van der Waals surface area contributed by atoms with Gasteiger partial charge in [0.1, 0.15) is 0 Å². The lowest BCUT2D eigenvalue weighted by atomic mass is 9.82. The minimum atomic E-state index is -0.169. The number of nitrogens with two attached hydrogens (primary N) is 1. The Kier molecular flexibility index (Phi) is 5.34. The van der Waals surface area contributed by atoms with E-state index in [9.17, 15) is 0 Å². The second-order valence-electron chi connectivity index (χ2n) is 5.70. The Morgan fingerprint density at radius 3 is 3.05 bits per heavy atom. The average molecular weight is 267 g/mol. The van der Waals surface area contributed by atoms with Gasteiger partial charge in [-0.25, -0.2) is 0 Å². The highest BCUT2D eigenvalue weighted by atomic mass is 16.5. The maximum Gasteiger partial charge on any atom is 0.243 e. The summed E-state index contributed by atoms with van der Waals surface area (Å²) in [5.74, 6) is 2.64. The molecule has 108 valence electrons. The largest absolute Gasteiger partial charge is 0.385 e. The van der Waals surface area contributed by atoms with Crippen molar-refractivity contribution in [2.45, 2.75) is 57.4 Å². The first-order valence-corrected chi connectivity index (χ1v) is 7.28. The minimum Gasteiger partial charge on any atom is -0.385 e. The maximum atomic E-state index is 6.05. The van der Waals surface area contributed by atoms with Crippen LogP contribution in [0.4, 0.5) is 0 Å². The van der Waals surface area contributed by atoms with Gasteiger partial charge >= 0.3 is 0 Å². The fraction of sp³-hybridized carbons (Fsp3) is 0.857. The molecule has 0 amide bonds. The van der Waals surface area contributed by atoms with Crippen LogP contribution in [0.15, 0.2) is 4.52 Å². The first-order chi connectivity index (χ1) is 9.20. The van der Waals surface area contributed by atoms with Crippen LogP contribution in [0, 0.1) is 5.92 Å². The third-order valence-electron chi connectivity index (χ3n) is 3.94. The molecule has 0 radical (unpaired) electrons. The van der Waals surface area contributed by atoms with Crippen molar-refractivity contribution in [3.8, 4) is 0 Å². The molecule has 0 saturated heterocycles. The van der Waals surface area contributed by atoms with Crippen molar-refractivity contribution in [2.24, 2.45) is 11.7 Å². The molecule has 1 saturated carbocycles. The van der Waals surface area contributed by atoms with Crippen LogP contribution in [0.25, 0.3) is 0 Å². The molecule has 0 bridgehead atoms. The summed E-state index contributed by atoms with van der Waals surface area (Å²) >= 11 is 0. The normalized spacial score (nSPS) is 25.4. The molecule has 19 heavy (non-hydrogen) atoms. The maximum absolute atomic E-state index is 6.05. The van der Waals surface area contributed by atoms with E-state index in [2.05, 4.69) is 17.1 Å². The highest BCUT2D eigenvalue weighted by Crippen LogP contribution is 2.34. The SMILES string of the molecule is COCCCC(N)c1nc(C2CCCC(C)C2)no1. The molecule has 1 fully saturated rings. The molecular formula is C14H25N3O2. The van der Waals surface area contributed by atoms with Crippen molar-refractivity contribution in [2.75, 3.05) is 13.7 Å². The van der Waals surface area contributed by atoms with Gasteiger partial charge in [0.15, 0.2) is 5.82 Å². The van der Waals surface area contributed by atoms with E-state index in [-0.39, 0.29) is 6.04 Å². The molecule has 1 heterocycles. The fourth-order valence-electron chi connectivity index (χ4n) is 2.80. The molecule has 0 aliphatic heterocycles. The summed E-state index contributed by atoms with van der Waals surface area (Å²) in [6.07, 6.45) is 6.64. The Bertz CT molecular complexity index is 381. The van der Waals surface area contributed by atoms with Crippen LogP contribution in [0.1, 0.15) is 69.1 Å². The van der Waals surface area contributed by atoms with Crippen LogP contribution < -0.4 is 5.73 Å². The lowest BCUT2D eigenvalue weighted by Gasteiger charge is -2.23. The number of methoxy groups -OCH3 is 1. The Hall–Kier alpha value is -0.940. The third kappa shape index (κ3) is 4.01. The van der Waals surface area contributed by atoms with Crippen molar-refractivity contribution in [1.82, 2.24) is 10.1 Å². The summed E-state index contributed by atoms with van der Waals surface area (Å²) in [4.78, 5) is 4.50. The standard InChI is InChI=1S/C14H25N3O2/c1-10-5-3-6-11(9-10)13-16-14(19-17-13)12(15)7-4-8-18-2/h10-12H,3-9,15H2,1-2H3. The molecule has 1 aromatic rings. The van der Waals surface area contributed by atoms with Gasteiger partial charge in [0.05, 0.1) is 6.04 Å². The summed E-state index contributed by atoms with van der Waals surface area (Å²) in [6, 6.07) is -0.169. The molecule has 3 atom stereocenters. The van der Waals surface area contributed by atoms with Crippen molar-refractivity contribution in [1.29, 1.82) is 0 Å².